The molecule has 3 rings (SSSR count). The molecular formula is C19H25ClN2O3S. The number of amides is 2. The summed E-state index contributed by atoms with van der Waals surface area (Å²) in [5.41, 5.74) is 0.524. The van der Waals surface area contributed by atoms with Crippen LogP contribution >= 0.6 is 11.6 Å². The predicted octanol–water partition coefficient (Wildman–Crippen LogP) is 2.61. The molecule has 142 valence electrons. The van der Waals surface area contributed by atoms with E-state index in [1.807, 2.05) is 0 Å². The summed E-state index contributed by atoms with van der Waals surface area (Å²) in [5, 5.41) is 3.38. The van der Waals surface area contributed by atoms with Crippen molar-refractivity contribution in [3.63, 3.8) is 0 Å². The van der Waals surface area contributed by atoms with Crippen LogP contribution in [0.3, 0.4) is 0 Å². The highest BCUT2D eigenvalue weighted by Gasteiger charge is 2.47. The van der Waals surface area contributed by atoms with Crippen molar-refractivity contribution in [2.24, 2.45) is 5.92 Å². The molecule has 2 fully saturated rings. The van der Waals surface area contributed by atoms with Gasteiger partial charge in [-0.15, -0.1) is 0 Å². The second-order valence-electron chi connectivity index (χ2n) is 7.15. The van der Waals surface area contributed by atoms with Crippen molar-refractivity contribution < 1.29 is 13.8 Å². The third-order valence-electron chi connectivity index (χ3n) is 5.39. The van der Waals surface area contributed by atoms with Gasteiger partial charge in [0.2, 0.25) is 5.91 Å². The predicted molar refractivity (Wildman–Crippen MR) is 104 cm³/mol. The molecule has 1 aromatic rings. The Kier molecular flexibility index (Phi) is 6.35. The number of rotatable bonds is 5. The van der Waals surface area contributed by atoms with E-state index < -0.39 is 16.8 Å². The van der Waals surface area contributed by atoms with Gasteiger partial charge in [-0.05, 0) is 43.4 Å². The van der Waals surface area contributed by atoms with E-state index in [1.54, 1.807) is 35.4 Å². The quantitative estimate of drug-likeness (QED) is 0.831. The molecule has 2 amide bonds. The van der Waals surface area contributed by atoms with Gasteiger partial charge in [0.1, 0.15) is 6.04 Å². The molecule has 1 saturated heterocycles. The van der Waals surface area contributed by atoms with Gasteiger partial charge in [0.05, 0.1) is 0 Å². The van der Waals surface area contributed by atoms with Crippen LogP contribution in [0, 0.1) is 5.92 Å². The molecule has 1 aliphatic heterocycles. The van der Waals surface area contributed by atoms with Crippen molar-refractivity contribution in [2.45, 2.75) is 44.2 Å². The first-order valence-electron chi connectivity index (χ1n) is 9.13. The minimum atomic E-state index is -0.951. The van der Waals surface area contributed by atoms with Gasteiger partial charge < -0.3 is 10.2 Å². The highest BCUT2D eigenvalue weighted by Crippen LogP contribution is 2.40. The summed E-state index contributed by atoms with van der Waals surface area (Å²) in [7, 11) is -0.951. The molecule has 1 aromatic carbocycles. The van der Waals surface area contributed by atoms with Crippen LogP contribution < -0.4 is 5.32 Å². The van der Waals surface area contributed by atoms with Gasteiger partial charge in [-0.3, -0.25) is 13.8 Å². The zero-order valence-corrected chi connectivity index (χ0v) is 16.5. The third-order valence-corrected chi connectivity index (χ3v) is 6.40. The maximum atomic E-state index is 13.2. The Hall–Kier alpha value is -1.40. The van der Waals surface area contributed by atoms with E-state index in [9.17, 15) is 13.8 Å². The number of likely N-dealkylation sites (tertiary alicyclic amines) is 1. The molecule has 2 aliphatic rings. The number of fused-ring (bicyclic) bond motifs is 1. The number of halogens is 1. The lowest BCUT2D eigenvalue weighted by Crippen LogP contribution is -2.50. The fraction of sp³-hybridized carbons (Fsp3) is 0.579. The van der Waals surface area contributed by atoms with Gasteiger partial charge in [-0.1, -0.05) is 30.5 Å². The molecule has 0 spiro atoms. The van der Waals surface area contributed by atoms with Crippen LogP contribution in [0.4, 0.5) is 0 Å². The van der Waals surface area contributed by atoms with E-state index in [-0.39, 0.29) is 17.9 Å². The Balaban J connectivity index is 1.80. The topological polar surface area (TPSA) is 66.5 Å². The molecule has 1 heterocycles. The number of carbonyl (C=O) groups excluding carboxylic acids is 2. The van der Waals surface area contributed by atoms with E-state index in [1.165, 1.54) is 0 Å². The van der Waals surface area contributed by atoms with Gasteiger partial charge in [0.25, 0.3) is 5.91 Å². The molecule has 1 aliphatic carbocycles. The Morgan fingerprint density at radius 1 is 1.31 bits per heavy atom. The Morgan fingerprint density at radius 2 is 2.08 bits per heavy atom. The molecule has 4 unspecified atom stereocenters. The molecule has 5 nitrogen and oxygen atoms in total. The minimum Gasteiger partial charge on any atom is -0.353 e. The lowest BCUT2D eigenvalue weighted by molar-refractivity contribution is -0.125. The van der Waals surface area contributed by atoms with Gasteiger partial charge >= 0.3 is 0 Å². The summed E-state index contributed by atoms with van der Waals surface area (Å²) in [6.45, 7) is 0.368. The van der Waals surface area contributed by atoms with Crippen LogP contribution in [0.1, 0.15) is 42.5 Å². The fourth-order valence-corrected chi connectivity index (χ4v) is 4.77. The van der Waals surface area contributed by atoms with Crippen LogP contribution in [0.2, 0.25) is 5.02 Å². The Bertz CT molecular complexity index is 712. The van der Waals surface area contributed by atoms with Crippen molar-refractivity contribution >= 4 is 34.2 Å². The first-order valence-corrected chi connectivity index (χ1v) is 11.2. The fourth-order valence-electron chi connectivity index (χ4n) is 4.19. The van der Waals surface area contributed by atoms with Crippen molar-refractivity contribution in [3.8, 4) is 0 Å². The van der Waals surface area contributed by atoms with E-state index in [0.29, 0.717) is 35.2 Å². The van der Waals surface area contributed by atoms with E-state index in [0.717, 1.165) is 25.7 Å². The molecule has 0 radical (unpaired) electrons. The van der Waals surface area contributed by atoms with Gasteiger partial charge in [-0.2, -0.15) is 0 Å². The number of benzene rings is 1. The van der Waals surface area contributed by atoms with Gasteiger partial charge in [0.15, 0.2) is 0 Å². The highest BCUT2D eigenvalue weighted by atomic mass is 35.5. The standard InChI is InChI=1S/C19H25ClN2O3S/c1-26(25)10-9-21-18(23)17-12-13-5-2-3-8-16(13)22(17)19(24)14-6-4-7-15(20)11-14/h4,6-7,11,13,16-17H,2-3,5,8-10,12H2,1H3,(H,21,23). The average Bonchev–Trinajstić information content (AvgIpc) is 3.00. The van der Waals surface area contributed by atoms with Crippen LogP contribution in [0.5, 0.6) is 0 Å². The normalized spacial score (nSPS) is 26.2. The van der Waals surface area contributed by atoms with Crippen molar-refractivity contribution in [1.82, 2.24) is 10.2 Å². The molecule has 0 bridgehead atoms. The number of nitrogens with one attached hydrogen (secondary N) is 1. The van der Waals surface area contributed by atoms with E-state index >= 15 is 0 Å². The second kappa shape index (κ2) is 8.53. The van der Waals surface area contributed by atoms with Crippen molar-refractivity contribution in [3.05, 3.63) is 34.9 Å². The van der Waals surface area contributed by atoms with Crippen molar-refractivity contribution in [2.75, 3.05) is 18.6 Å². The lowest BCUT2D eigenvalue weighted by Gasteiger charge is -2.33. The summed E-state index contributed by atoms with van der Waals surface area (Å²) >= 11 is 6.05. The smallest absolute Gasteiger partial charge is 0.254 e. The van der Waals surface area contributed by atoms with E-state index in [4.69, 9.17) is 11.6 Å². The van der Waals surface area contributed by atoms with Gasteiger partial charge in [-0.25, -0.2) is 0 Å². The first-order chi connectivity index (χ1) is 12.5. The monoisotopic (exact) mass is 396 g/mol. The highest BCUT2D eigenvalue weighted by molar-refractivity contribution is 7.84. The molecule has 1 saturated carbocycles. The molecular weight excluding hydrogens is 372 g/mol. The van der Waals surface area contributed by atoms with Crippen LogP contribution in [0.15, 0.2) is 24.3 Å². The summed E-state index contributed by atoms with van der Waals surface area (Å²) in [5.74, 6) is 0.539. The summed E-state index contributed by atoms with van der Waals surface area (Å²) in [6.07, 6.45) is 6.57. The molecule has 0 aromatic heterocycles. The van der Waals surface area contributed by atoms with Gasteiger partial charge in [0, 0.05) is 46.0 Å². The number of carbonyl (C=O) groups is 2. The molecule has 26 heavy (non-hydrogen) atoms. The van der Waals surface area contributed by atoms with Crippen molar-refractivity contribution in [1.29, 1.82) is 0 Å². The van der Waals surface area contributed by atoms with Crippen LogP contribution in [-0.4, -0.2) is 51.6 Å². The summed E-state index contributed by atoms with van der Waals surface area (Å²) < 4.78 is 11.2. The average molecular weight is 397 g/mol. The minimum absolute atomic E-state index is 0.117. The van der Waals surface area contributed by atoms with Crippen LogP contribution in [0.25, 0.3) is 0 Å². The lowest BCUT2D eigenvalue weighted by atomic mass is 9.84. The number of hydrogen-bond acceptors (Lipinski definition) is 3. The zero-order chi connectivity index (χ0) is 18.7. The molecule has 7 heteroatoms. The summed E-state index contributed by atoms with van der Waals surface area (Å²) in [4.78, 5) is 27.7. The molecule has 4 atom stereocenters. The number of hydrogen-bond donors (Lipinski definition) is 1. The summed E-state index contributed by atoms with van der Waals surface area (Å²) in [6, 6.07) is 6.57. The van der Waals surface area contributed by atoms with E-state index in [2.05, 4.69) is 5.32 Å². The Morgan fingerprint density at radius 3 is 2.81 bits per heavy atom. The first kappa shape index (κ1) is 19.4. The maximum Gasteiger partial charge on any atom is 0.254 e. The SMILES string of the molecule is CS(=O)CCNC(=O)C1CC2CCCCC2N1C(=O)c1cccc(Cl)c1. The Labute approximate surface area is 161 Å². The zero-order valence-electron chi connectivity index (χ0n) is 14.9. The number of nitrogens with zero attached hydrogens (tertiary/aromatic N) is 1. The second-order valence-corrected chi connectivity index (χ2v) is 9.15. The third kappa shape index (κ3) is 4.29. The largest absolute Gasteiger partial charge is 0.353 e. The van der Waals surface area contributed by atoms with Crippen LogP contribution in [-0.2, 0) is 15.6 Å². The molecule has 1 N–H and O–H groups in total. The maximum absolute atomic E-state index is 13.2.